The lowest BCUT2D eigenvalue weighted by Gasteiger charge is -2.28. The topological polar surface area (TPSA) is 114 Å². The van der Waals surface area contributed by atoms with Gasteiger partial charge in [0.1, 0.15) is 17.0 Å². The molecule has 3 aromatic rings. The zero-order valence-corrected chi connectivity index (χ0v) is 18.3. The minimum Gasteiger partial charge on any atom is -0.497 e. The molecule has 1 atom stereocenters. The Morgan fingerprint density at radius 2 is 1.94 bits per heavy atom. The number of rotatable bonds is 4. The summed E-state index contributed by atoms with van der Waals surface area (Å²) in [5.74, 6) is -0.0310. The van der Waals surface area contributed by atoms with Crippen molar-refractivity contribution in [3.8, 4) is 5.75 Å². The van der Waals surface area contributed by atoms with Crippen molar-refractivity contribution in [2.75, 3.05) is 13.7 Å². The first-order valence-corrected chi connectivity index (χ1v) is 10.4. The molecule has 9 heteroatoms. The molecule has 0 bridgehead atoms. The van der Waals surface area contributed by atoms with Gasteiger partial charge in [0.25, 0.3) is 11.8 Å². The van der Waals surface area contributed by atoms with Crippen molar-refractivity contribution in [1.29, 1.82) is 0 Å². The highest BCUT2D eigenvalue weighted by molar-refractivity contribution is 6.08. The van der Waals surface area contributed by atoms with Crippen LogP contribution in [-0.4, -0.2) is 41.4 Å². The molecular formula is C23H24N4O5. The second kappa shape index (κ2) is 7.99. The normalized spacial score (nSPS) is 19.4. The van der Waals surface area contributed by atoms with Crippen LogP contribution in [0.4, 0.5) is 4.79 Å². The number of nitrogens with one attached hydrogen (secondary N) is 2. The fraction of sp³-hybridized carbons (Fsp3) is 0.304. The molecule has 1 aromatic carbocycles. The number of nitrogens with zero attached hydrogens (tertiary/aromatic N) is 2. The third-order valence-corrected chi connectivity index (χ3v) is 5.50. The van der Waals surface area contributed by atoms with Crippen molar-refractivity contribution in [1.82, 2.24) is 20.5 Å². The van der Waals surface area contributed by atoms with Gasteiger partial charge >= 0.3 is 6.03 Å². The SMILES string of the molecule is CC.COc1ccc2c(c1)C(=O)N(C[C@@]1(c3cc4nc(C)ccc4o3)NC(=O)NC1=O)C2. The largest absolute Gasteiger partial charge is 0.497 e. The van der Waals surface area contributed by atoms with Crippen LogP contribution in [0.15, 0.2) is 40.8 Å². The fourth-order valence-corrected chi connectivity index (χ4v) is 3.97. The number of benzene rings is 1. The summed E-state index contributed by atoms with van der Waals surface area (Å²) in [7, 11) is 1.53. The zero-order valence-electron chi connectivity index (χ0n) is 18.3. The maximum atomic E-state index is 13.0. The number of methoxy groups -OCH3 is 1. The second-order valence-corrected chi connectivity index (χ2v) is 7.44. The van der Waals surface area contributed by atoms with Gasteiger partial charge in [0.15, 0.2) is 11.1 Å². The third kappa shape index (κ3) is 3.35. The number of pyridine rings is 1. The van der Waals surface area contributed by atoms with E-state index in [1.807, 2.05) is 26.8 Å². The molecule has 2 N–H and O–H groups in total. The molecule has 5 rings (SSSR count). The molecule has 32 heavy (non-hydrogen) atoms. The molecular weight excluding hydrogens is 412 g/mol. The second-order valence-electron chi connectivity index (χ2n) is 7.44. The first-order chi connectivity index (χ1) is 15.4. The Hall–Kier alpha value is -3.88. The minimum atomic E-state index is -1.55. The number of aromatic nitrogens is 1. The number of urea groups is 1. The quantitative estimate of drug-likeness (QED) is 0.608. The van der Waals surface area contributed by atoms with E-state index >= 15 is 0 Å². The molecule has 0 radical (unpaired) electrons. The van der Waals surface area contributed by atoms with Crippen LogP contribution in [0.1, 0.15) is 41.2 Å². The van der Waals surface area contributed by atoms with E-state index in [0.717, 1.165) is 11.3 Å². The third-order valence-electron chi connectivity index (χ3n) is 5.50. The molecule has 9 nitrogen and oxygen atoms in total. The van der Waals surface area contributed by atoms with Gasteiger partial charge < -0.3 is 19.4 Å². The molecule has 1 saturated heterocycles. The number of amides is 4. The monoisotopic (exact) mass is 436 g/mol. The fourth-order valence-electron chi connectivity index (χ4n) is 3.97. The van der Waals surface area contributed by atoms with Crippen molar-refractivity contribution in [2.45, 2.75) is 32.9 Å². The Balaban J connectivity index is 0.00000119. The van der Waals surface area contributed by atoms with E-state index in [0.29, 0.717) is 29.0 Å². The lowest BCUT2D eigenvalue weighted by atomic mass is 9.95. The van der Waals surface area contributed by atoms with Crippen LogP contribution in [0.3, 0.4) is 0 Å². The van der Waals surface area contributed by atoms with E-state index in [9.17, 15) is 14.4 Å². The first kappa shape index (κ1) is 21.4. The summed E-state index contributed by atoms with van der Waals surface area (Å²) >= 11 is 0. The number of hydrogen-bond donors (Lipinski definition) is 2. The summed E-state index contributed by atoms with van der Waals surface area (Å²) in [6.45, 7) is 6.07. The van der Waals surface area contributed by atoms with Crippen LogP contribution in [0, 0.1) is 6.92 Å². The molecule has 2 aliphatic rings. The highest BCUT2D eigenvalue weighted by Gasteiger charge is 2.53. The molecule has 1 fully saturated rings. The van der Waals surface area contributed by atoms with E-state index in [1.165, 1.54) is 12.0 Å². The predicted molar refractivity (Wildman–Crippen MR) is 116 cm³/mol. The summed E-state index contributed by atoms with van der Waals surface area (Å²) < 4.78 is 11.1. The maximum absolute atomic E-state index is 13.0. The Morgan fingerprint density at radius 1 is 1.16 bits per heavy atom. The number of hydrogen-bond acceptors (Lipinski definition) is 6. The van der Waals surface area contributed by atoms with Crippen LogP contribution in [0.25, 0.3) is 11.1 Å². The van der Waals surface area contributed by atoms with Crippen LogP contribution < -0.4 is 15.4 Å². The van der Waals surface area contributed by atoms with Gasteiger partial charge in [0, 0.05) is 23.9 Å². The number of aryl methyl sites for hydroxylation is 1. The highest BCUT2D eigenvalue weighted by atomic mass is 16.5. The lowest BCUT2D eigenvalue weighted by Crippen LogP contribution is -2.52. The Kier molecular flexibility index (Phi) is 5.33. The van der Waals surface area contributed by atoms with Gasteiger partial charge in [-0.05, 0) is 36.8 Å². The predicted octanol–water partition coefficient (Wildman–Crippen LogP) is 2.86. The molecule has 0 spiro atoms. The van der Waals surface area contributed by atoms with Gasteiger partial charge in [0.05, 0.1) is 13.7 Å². The summed E-state index contributed by atoms with van der Waals surface area (Å²) in [4.78, 5) is 43.9. The van der Waals surface area contributed by atoms with Crippen LogP contribution in [-0.2, 0) is 16.9 Å². The highest BCUT2D eigenvalue weighted by Crippen LogP contribution is 2.34. The molecule has 0 unspecified atom stereocenters. The summed E-state index contributed by atoms with van der Waals surface area (Å²) in [5, 5.41) is 4.93. The molecule has 166 valence electrons. The van der Waals surface area contributed by atoms with E-state index in [-0.39, 0.29) is 18.2 Å². The van der Waals surface area contributed by atoms with Crippen molar-refractivity contribution in [3.63, 3.8) is 0 Å². The van der Waals surface area contributed by atoms with E-state index < -0.39 is 17.5 Å². The molecule has 4 amide bonds. The number of carbonyl (C=O) groups is 3. The molecule has 4 heterocycles. The molecule has 0 aliphatic carbocycles. The Labute approximate surface area is 184 Å². The maximum Gasteiger partial charge on any atom is 0.322 e. The minimum absolute atomic E-state index is 0.0841. The average molecular weight is 436 g/mol. The van der Waals surface area contributed by atoms with Gasteiger partial charge in [-0.2, -0.15) is 0 Å². The van der Waals surface area contributed by atoms with Gasteiger partial charge in [-0.3, -0.25) is 14.9 Å². The van der Waals surface area contributed by atoms with Crippen molar-refractivity contribution < 1.29 is 23.5 Å². The van der Waals surface area contributed by atoms with Crippen molar-refractivity contribution in [3.05, 3.63) is 59.0 Å². The van der Waals surface area contributed by atoms with Gasteiger partial charge in [0.2, 0.25) is 0 Å². The number of ether oxygens (including phenoxy) is 1. The van der Waals surface area contributed by atoms with Crippen LogP contribution >= 0.6 is 0 Å². The molecule has 2 aliphatic heterocycles. The number of furan rings is 1. The van der Waals surface area contributed by atoms with E-state index in [1.54, 1.807) is 30.3 Å². The number of carbonyl (C=O) groups excluding carboxylic acids is 3. The molecule has 0 saturated carbocycles. The lowest BCUT2D eigenvalue weighted by molar-refractivity contribution is -0.125. The number of fused-ring (bicyclic) bond motifs is 2. The Morgan fingerprint density at radius 3 is 2.62 bits per heavy atom. The average Bonchev–Trinajstić information content (AvgIpc) is 3.43. The van der Waals surface area contributed by atoms with Crippen molar-refractivity contribution >= 4 is 28.9 Å². The van der Waals surface area contributed by atoms with E-state index in [2.05, 4.69) is 15.6 Å². The van der Waals surface area contributed by atoms with Crippen LogP contribution in [0.2, 0.25) is 0 Å². The smallest absolute Gasteiger partial charge is 0.322 e. The first-order valence-electron chi connectivity index (χ1n) is 10.4. The van der Waals surface area contributed by atoms with Gasteiger partial charge in [-0.25, -0.2) is 9.78 Å². The summed E-state index contributed by atoms with van der Waals surface area (Å²) in [6, 6.07) is 9.81. The van der Waals surface area contributed by atoms with Gasteiger partial charge in [-0.1, -0.05) is 19.9 Å². The standard InChI is InChI=1S/C21H18N4O5.C2H6/c1-11-3-6-16-15(22-11)8-17(30-16)21(19(27)23-20(28)24-21)10-25-9-12-4-5-13(29-2)7-14(12)18(25)26;1-2/h3-8H,9-10H2,1-2H3,(H2,23,24,27,28);1-2H3/t21-;/m0./s1. The van der Waals surface area contributed by atoms with Crippen LogP contribution in [0.5, 0.6) is 5.75 Å². The zero-order chi connectivity index (χ0) is 23.0. The Bertz CT molecular complexity index is 1230. The molecule has 2 aromatic heterocycles. The van der Waals surface area contributed by atoms with E-state index in [4.69, 9.17) is 9.15 Å². The van der Waals surface area contributed by atoms with Gasteiger partial charge in [-0.15, -0.1) is 0 Å². The number of imide groups is 1. The van der Waals surface area contributed by atoms with Crippen molar-refractivity contribution in [2.24, 2.45) is 0 Å². The summed E-state index contributed by atoms with van der Waals surface area (Å²) in [6.07, 6.45) is 0. The summed E-state index contributed by atoms with van der Waals surface area (Å²) in [5.41, 5.74) is 1.64.